The molecule has 2 aromatic carbocycles. The molecule has 0 saturated heterocycles. The van der Waals surface area contributed by atoms with E-state index in [0.717, 1.165) is 24.5 Å². The average Bonchev–Trinajstić information content (AvgIpc) is 3.03. The van der Waals surface area contributed by atoms with Crippen molar-refractivity contribution in [2.75, 3.05) is 11.6 Å². The van der Waals surface area contributed by atoms with Crippen LogP contribution in [-0.4, -0.2) is 24.6 Å². The van der Waals surface area contributed by atoms with Gasteiger partial charge in [0.25, 0.3) is 0 Å². The predicted octanol–water partition coefficient (Wildman–Crippen LogP) is 5.13. The molecule has 0 saturated carbocycles. The van der Waals surface area contributed by atoms with Crippen molar-refractivity contribution < 1.29 is 26.0 Å². The molecule has 0 radical (unpaired) electrons. The fourth-order valence-corrected chi connectivity index (χ4v) is 3.95. The summed E-state index contributed by atoms with van der Waals surface area (Å²) in [6.45, 7) is 1.53. The van der Waals surface area contributed by atoms with Gasteiger partial charge in [-0.05, 0) is 48.9 Å². The second kappa shape index (κ2) is 7.92. The zero-order valence-electron chi connectivity index (χ0n) is 15.7. The molecule has 3 aromatic rings. The summed E-state index contributed by atoms with van der Waals surface area (Å²) >= 11 is 5.87. The van der Waals surface area contributed by atoms with Crippen molar-refractivity contribution in [2.45, 2.75) is 24.2 Å². The number of alkyl halides is 3. The Labute approximate surface area is 175 Å². The Hall–Kier alpha value is -2.59. The van der Waals surface area contributed by atoms with Gasteiger partial charge in [-0.3, -0.25) is 0 Å². The van der Waals surface area contributed by atoms with Gasteiger partial charge >= 0.3 is 6.18 Å². The molecule has 5 nitrogen and oxygen atoms in total. The number of halogens is 5. The molecule has 1 atom stereocenters. The topological polar surface area (TPSA) is 74.8 Å². The maximum Gasteiger partial charge on any atom is 0.416 e. The summed E-state index contributed by atoms with van der Waals surface area (Å²) in [5.74, 6) is -0.475. The summed E-state index contributed by atoms with van der Waals surface area (Å²) in [6.07, 6.45) is -3.47. The van der Waals surface area contributed by atoms with Gasteiger partial charge in [-0.1, -0.05) is 17.7 Å². The van der Waals surface area contributed by atoms with E-state index in [4.69, 9.17) is 11.6 Å². The van der Waals surface area contributed by atoms with Crippen LogP contribution < -0.4 is 5.32 Å². The van der Waals surface area contributed by atoms with Crippen LogP contribution in [0.15, 0.2) is 47.5 Å². The molecule has 0 amide bonds. The zero-order valence-corrected chi connectivity index (χ0v) is 17.3. The van der Waals surface area contributed by atoms with E-state index in [9.17, 15) is 26.0 Å². The van der Waals surface area contributed by atoms with Crippen LogP contribution in [0.5, 0.6) is 0 Å². The first-order chi connectivity index (χ1) is 13.9. The van der Waals surface area contributed by atoms with Gasteiger partial charge in [-0.2, -0.15) is 13.2 Å². The van der Waals surface area contributed by atoms with Crippen molar-refractivity contribution in [3.05, 3.63) is 75.9 Å². The van der Waals surface area contributed by atoms with E-state index in [2.05, 4.69) is 15.3 Å². The molecule has 11 heteroatoms. The van der Waals surface area contributed by atoms with Crippen LogP contribution in [0.4, 0.5) is 23.2 Å². The number of anilines is 1. The van der Waals surface area contributed by atoms with Gasteiger partial charge < -0.3 is 10.3 Å². The van der Waals surface area contributed by atoms with Crippen LogP contribution in [0.25, 0.3) is 0 Å². The number of aromatic nitrogens is 2. The predicted molar refractivity (Wildman–Crippen MR) is 105 cm³/mol. The van der Waals surface area contributed by atoms with Crippen molar-refractivity contribution >= 4 is 27.1 Å². The summed E-state index contributed by atoms with van der Waals surface area (Å²) in [5.41, 5.74) is 0.209. The Morgan fingerprint density at radius 3 is 2.27 bits per heavy atom. The van der Waals surface area contributed by atoms with Gasteiger partial charge in [0.1, 0.15) is 17.7 Å². The van der Waals surface area contributed by atoms with E-state index in [1.165, 1.54) is 31.2 Å². The van der Waals surface area contributed by atoms with Gasteiger partial charge in [0.2, 0.25) is 0 Å². The lowest BCUT2D eigenvalue weighted by Gasteiger charge is -2.19. The number of sulfone groups is 1. The molecule has 3 rings (SSSR count). The molecule has 160 valence electrons. The molecule has 0 aliphatic carbocycles. The van der Waals surface area contributed by atoms with Crippen molar-refractivity contribution in [3.8, 4) is 0 Å². The number of hydrogen-bond acceptors (Lipinski definition) is 4. The minimum atomic E-state index is -4.48. The maximum atomic E-state index is 13.6. The molecule has 0 spiro atoms. The first-order valence-corrected chi connectivity index (χ1v) is 10.8. The Balaban J connectivity index is 2.05. The number of aryl methyl sites for hydroxylation is 1. The van der Waals surface area contributed by atoms with Crippen molar-refractivity contribution in [1.29, 1.82) is 0 Å². The second-order valence-corrected chi connectivity index (χ2v) is 8.99. The van der Waals surface area contributed by atoms with E-state index in [-0.39, 0.29) is 15.9 Å². The number of nitrogens with zero attached hydrogens (tertiary/aromatic N) is 1. The number of rotatable bonds is 5. The highest BCUT2D eigenvalue weighted by atomic mass is 35.5. The van der Waals surface area contributed by atoms with E-state index < -0.39 is 33.4 Å². The number of H-pyrrole nitrogens is 1. The lowest BCUT2D eigenvalue weighted by molar-refractivity contribution is -0.137. The number of nitrogens with one attached hydrogen (secondary N) is 2. The average molecular weight is 462 g/mol. The van der Waals surface area contributed by atoms with Gasteiger partial charge in [0.05, 0.1) is 16.3 Å². The lowest BCUT2D eigenvalue weighted by atomic mass is 10.1. The van der Waals surface area contributed by atoms with E-state index >= 15 is 0 Å². The Morgan fingerprint density at radius 2 is 1.77 bits per heavy atom. The fourth-order valence-electron chi connectivity index (χ4n) is 2.89. The van der Waals surface area contributed by atoms with E-state index in [1.54, 1.807) is 0 Å². The molecule has 2 N–H and O–H groups in total. The quantitative estimate of drug-likeness (QED) is 0.516. The van der Waals surface area contributed by atoms with Gasteiger partial charge in [0.15, 0.2) is 14.9 Å². The molecule has 0 aliphatic heterocycles. The monoisotopic (exact) mass is 461 g/mol. The zero-order chi connectivity index (χ0) is 22.3. The van der Waals surface area contributed by atoms with Gasteiger partial charge in [-0.25, -0.2) is 17.8 Å². The fraction of sp³-hybridized carbons (Fsp3) is 0.211. The third-order valence-corrected chi connectivity index (χ3v) is 5.67. The van der Waals surface area contributed by atoms with Crippen LogP contribution >= 0.6 is 11.6 Å². The maximum absolute atomic E-state index is 13.6. The van der Waals surface area contributed by atoms with Crippen molar-refractivity contribution in [2.24, 2.45) is 0 Å². The third kappa shape index (κ3) is 4.76. The normalized spacial score (nSPS) is 13.3. The van der Waals surface area contributed by atoms with Crippen LogP contribution in [-0.2, 0) is 16.0 Å². The Kier molecular flexibility index (Phi) is 5.83. The standard InChI is InChI=1S/C19H16ClF4N3O2S/c1-10-18(30(2,28)29)27-17(25-10)16(11-3-8-15(21)14(20)9-11)26-13-6-4-12(5-7-13)19(22,23)24/h3-9,16,26H,1-2H3,(H,25,27)/t16-/m1/s1. The smallest absolute Gasteiger partial charge is 0.372 e. The molecule has 0 fully saturated rings. The number of hydrogen-bond donors (Lipinski definition) is 2. The summed E-state index contributed by atoms with van der Waals surface area (Å²) in [7, 11) is -3.62. The van der Waals surface area contributed by atoms with E-state index in [1.807, 2.05) is 0 Å². The summed E-state index contributed by atoms with van der Waals surface area (Å²) in [6, 6.07) is 7.32. The van der Waals surface area contributed by atoms with Crippen LogP contribution in [0.3, 0.4) is 0 Å². The highest BCUT2D eigenvalue weighted by Crippen LogP contribution is 2.32. The van der Waals surface area contributed by atoms with Crippen LogP contribution in [0, 0.1) is 12.7 Å². The van der Waals surface area contributed by atoms with Crippen molar-refractivity contribution in [1.82, 2.24) is 9.97 Å². The highest BCUT2D eigenvalue weighted by Gasteiger charge is 2.30. The first-order valence-electron chi connectivity index (χ1n) is 8.51. The molecular weight excluding hydrogens is 446 g/mol. The SMILES string of the molecule is Cc1[nH]c([C@H](Nc2ccc(C(F)(F)F)cc2)c2ccc(F)c(Cl)c2)nc1S(C)(=O)=O. The summed E-state index contributed by atoms with van der Waals surface area (Å²) in [5, 5.41) is 2.66. The minimum Gasteiger partial charge on any atom is -0.372 e. The number of imidazole rings is 1. The molecule has 30 heavy (non-hydrogen) atoms. The largest absolute Gasteiger partial charge is 0.416 e. The molecule has 0 unspecified atom stereocenters. The molecular formula is C19H16ClF4N3O2S. The molecule has 1 heterocycles. The van der Waals surface area contributed by atoms with Gasteiger partial charge in [0, 0.05) is 11.9 Å². The van der Waals surface area contributed by atoms with Crippen LogP contribution in [0.1, 0.15) is 28.7 Å². The molecule has 0 bridgehead atoms. The Morgan fingerprint density at radius 1 is 1.13 bits per heavy atom. The van der Waals surface area contributed by atoms with Crippen LogP contribution in [0.2, 0.25) is 5.02 Å². The second-order valence-electron chi connectivity index (χ2n) is 6.65. The number of benzene rings is 2. The first kappa shape index (κ1) is 22.1. The third-order valence-electron chi connectivity index (χ3n) is 4.28. The summed E-state index contributed by atoms with van der Waals surface area (Å²) in [4.78, 5) is 7.01. The van der Waals surface area contributed by atoms with Crippen molar-refractivity contribution in [3.63, 3.8) is 0 Å². The molecule has 0 aliphatic rings. The lowest BCUT2D eigenvalue weighted by Crippen LogP contribution is -2.15. The van der Waals surface area contributed by atoms with E-state index in [0.29, 0.717) is 16.9 Å². The summed E-state index contributed by atoms with van der Waals surface area (Å²) < 4.78 is 75.9. The highest BCUT2D eigenvalue weighted by molar-refractivity contribution is 7.90. The number of aromatic amines is 1. The molecule has 1 aromatic heterocycles. The minimum absolute atomic E-state index is 0.162. The Bertz CT molecular complexity index is 1180. The van der Waals surface area contributed by atoms with Gasteiger partial charge in [-0.15, -0.1) is 0 Å².